The van der Waals surface area contributed by atoms with Crippen LogP contribution in [0.4, 0.5) is 0 Å². The topological polar surface area (TPSA) is 0 Å². The Labute approximate surface area is 1020 Å². The van der Waals surface area contributed by atoms with Crippen LogP contribution in [0.2, 0.25) is 0 Å². The minimum Gasteiger partial charge on any atom is 0 e. The molecule has 0 heterocycles. The lowest BCUT2D eigenvalue weighted by molar-refractivity contribution is 5.95. The van der Waals surface area contributed by atoms with Gasteiger partial charge in [0.05, 0.1) is 0 Å². The van der Waals surface area contributed by atoms with E-state index in [-0.39, 0.29) is 0 Å². The molecular weight excluding hydrogens is 3780 g/mol. The Kier molecular flexibility index (Phi) is 174. The van der Waals surface area contributed by atoms with Gasteiger partial charge in [0, 0.05) is 1050 Å². The highest BCUT2D eigenvalue weighted by Crippen LogP contribution is 1.52. The first-order chi connectivity index (χ1) is 58.9. The fourth-order valence-electron chi connectivity index (χ4n) is 1.29. The maximum absolute atomic E-state index is 4.83. The van der Waals surface area contributed by atoms with Crippen LogP contribution in [-0.4, -0.2) is 0 Å². The van der Waals surface area contributed by atoms with Crippen molar-refractivity contribution in [1.29, 1.82) is 0 Å². The van der Waals surface area contributed by atoms with Gasteiger partial charge in [-0.15, -0.1) is 0 Å². The molecule has 0 rings (SSSR count). The maximum atomic E-state index is 4.83. The Balaban J connectivity index is 6.20. The van der Waals surface area contributed by atoms with Crippen molar-refractivity contribution in [1.82, 2.24) is 0 Å². The molecule has 0 aliphatic rings. The summed E-state index contributed by atoms with van der Waals surface area (Å²) in [7, 11) is 210. The van der Waals surface area contributed by atoms with Gasteiger partial charge in [-0.1, -0.05) is 0 Å². The van der Waals surface area contributed by atoms with E-state index in [2.05, 4.69) is 0 Å². The average Bonchev–Trinajstić information content (AvgIpc) is 2.20. The molecule has 0 fully saturated rings. The van der Waals surface area contributed by atoms with E-state index in [1.54, 1.807) is 107 Å². The highest BCUT2D eigenvalue weighted by molar-refractivity contribution is 8.89. The first-order valence-corrected chi connectivity index (χ1v) is 175. The summed E-state index contributed by atoms with van der Waals surface area (Å²) in [6, 6.07) is 0. The lowest BCUT2D eigenvalue weighted by Gasteiger charge is -1.41. The summed E-state index contributed by atoms with van der Waals surface area (Å²) in [6.45, 7) is 0. The Morgan fingerprint density at radius 3 is 0.0932 bits per heavy atom. The largest absolute Gasteiger partial charge is 0 e. The van der Waals surface area contributed by atoms with E-state index in [9.17, 15) is 0 Å². The Morgan fingerprint density at radius 2 is 0.0678 bits per heavy atom. The third-order valence-electron chi connectivity index (χ3n) is 3.19. The van der Waals surface area contributed by atoms with Gasteiger partial charge in [-0.2, -0.15) is 0 Å². The van der Waals surface area contributed by atoms with E-state index in [1.807, 2.05) is 906 Å². The third kappa shape index (κ3) is 142. The summed E-state index contributed by atoms with van der Waals surface area (Å²) >= 11 is 9.67. The summed E-state index contributed by atoms with van der Waals surface area (Å²) in [5.41, 5.74) is 0. The summed E-state index contributed by atoms with van der Waals surface area (Å²) in [5.74, 6) is 0. The minimum absolute atomic E-state index is 1.37. The molecule has 0 aromatic rings. The van der Waals surface area contributed by atoms with Gasteiger partial charge in [0.2, 0.25) is 0 Å². The van der Waals surface area contributed by atoms with Gasteiger partial charge in [0.25, 0.3) is 0 Å². The predicted octanol–water partition coefficient (Wildman–Crippen LogP) is -0.283. The second-order valence-electron chi connectivity index (χ2n) is 7.89. The molecule has 0 saturated heterocycles. The van der Waals surface area contributed by atoms with Crippen molar-refractivity contribution in [3.05, 3.63) is 0 Å². The number of hydrogen-bond donors (Lipinski definition) is 0. The third-order valence-corrected chi connectivity index (χ3v) is 259. The molecule has 0 spiro atoms. The molecule has 118 heavy (non-hydrogen) atoms. The standard InChI is InChI=1S/S118/c1-3-5-7-9-11-13-15-17-19-21-23-25-27-29-31-33-35-37-39-41-43-45-47-49-51-53-55-57-59-61-63-65-67-69-71-73-75-77-79-81-83-85-87-89-91-93-95-97-99-101-103-105-107-109-111-113-115-117-118-116-114-112-110-108-106-104-102-100-98-96-94-92-90-88-86-84-82-80-78-76-74-72-70-68-66-64-62-60-58-56-54-52-50-48-46-44-42-40-38-36-34-32-30-28-26-24-22-20-18-16-14-12-10-8-6-4-2. The van der Waals surface area contributed by atoms with Gasteiger partial charge in [-0.3, -0.25) is 0 Å². The molecule has 708 valence electrons. The van der Waals surface area contributed by atoms with E-state index in [4.69, 9.17) is 22.4 Å². The van der Waals surface area contributed by atoms with Crippen LogP contribution in [-0.2, 0) is 1050 Å². The van der Waals surface area contributed by atoms with Crippen molar-refractivity contribution < 1.29 is 0 Å². The fourth-order valence-corrected chi connectivity index (χ4v) is 314. The van der Waals surface area contributed by atoms with Crippen molar-refractivity contribution in [3.8, 4) is 0 Å². The van der Waals surface area contributed by atoms with Crippen LogP contribution in [0.5, 0.6) is 0 Å². The SMILES string of the molecule is S=S=S=S=S=S=S=S=S=S=S=S=S=S=S=S=S=S=S=S=S=S=S=S=S=S=S=S=S=S=S=S=S=S=S=S=S=S=S=S=S=S=S=S=S=S=S=S=S=S=S=S=S=S=S=S=S=S=S=S=S=S=S=S=S=S=S=S=S=S=S=S=S=S=S=S=S=S=S=S=S=S=S=S=S=S=S=S=S=S=S=S=S=S=S=S=S=S=S=S=S=S=S=S=S=S=S=S=S=S=S=S=S=S=S=S=S=S. The molecule has 0 aromatic heterocycles. The van der Waals surface area contributed by atoms with E-state index in [0.717, 1.165) is 0 Å². The van der Waals surface area contributed by atoms with Crippen molar-refractivity contribution >= 4 is 1050 Å². The molecule has 0 bridgehead atoms. The zero-order chi connectivity index (χ0) is 84.0. The summed E-state index contributed by atoms with van der Waals surface area (Å²) in [5, 5.41) is 0. The lowest BCUT2D eigenvalue weighted by atomic mass is 30.7. The minimum atomic E-state index is 1.37. The molecule has 0 aliphatic carbocycles. The fraction of sp³-hybridized carbons (Fsp3) is 0. The molecule has 0 aliphatic heterocycles. The molecule has 0 nitrogen and oxygen atoms in total. The van der Waals surface area contributed by atoms with Gasteiger partial charge >= 0.3 is 0 Å². The summed E-state index contributed by atoms with van der Waals surface area (Å²) in [6.07, 6.45) is 0. The van der Waals surface area contributed by atoms with Gasteiger partial charge in [0.15, 0.2) is 0 Å². The predicted molar refractivity (Wildman–Crippen MR) is 869 cm³/mol. The van der Waals surface area contributed by atoms with E-state index in [1.165, 1.54) is 17.8 Å². The second kappa shape index (κ2) is 143. The normalized spacial score (nSPS) is 7.90. The molecule has 0 unspecified atom stereocenters. The monoisotopic (exact) mass is 3770 g/mol. The molecule has 0 saturated carbocycles. The van der Waals surface area contributed by atoms with Crippen molar-refractivity contribution in [2.75, 3.05) is 0 Å². The zero-order valence-corrected chi connectivity index (χ0v) is 145. The van der Waals surface area contributed by atoms with Crippen LogP contribution in [0.15, 0.2) is 0 Å². The highest BCUT2D eigenvalue weighted by atomic mass is 33.6. The molecule has 0 atom stereocenters. The van der Waals surface area contributed by atoms with Crippen molar-refractivity contribution in [2.24, 2.45) is 0 Å². The number of hydrogen-bond acceptors (Lipinski definition) is 2. The van der Waals surface area contributed by atoms with Crippen LogP contribution >= 0.6 is 0 Å². The summed E-state index contributed by atoms with van der Waals surface area (Å²) in [4.78, 5) is 0. The van der Waals surface area contributed by atoms with Crippen molar-refractivity contribution in [2.45, 2.75) is 0 Å². The second-order valence-corrected chi connectivity index (χ2v) is 213. The quantitative estimate of drug-likeness (QED) is 0.328. The zero-order valence-electron chi connectivity index (χ0n) is 48.2. The van der Waals surface area contributed by atoms with Crippen LogP contribution in [0.1, 0.15) is 0 Å². The first-order valence-electron chi connectivity index (χ1n) is 19.5. The number of rotatable bonds is 0. The smallest absolute Gasteiger partial charge is 0 e. The van der Waals surface area contributed by atoms with Crippen LogP contribution in [0, 0.1) is 0 Å². The van der Waals surface area contributed by atoms with Gasteiger partial charge in [-0.25, -0.2) is 0 Å². The average molecular weight is 3780 g/mol. The Morgan fingerprint density at radius 1 is 0.0424 bits per heavy atom. The lowest BCUT2D eigenvalue weighted by Crippen LogP contribution is -1.42. The molecule has 0 amide bonds. The van der Waals surface area contributed by atoms with Crippen LogP contribution < -0.4 is 0 Å². The Hall–Kier alpha value is 26.0. The Bertz CT molecular complexity index is 8870. The molecule has 0 aromatic carbocycles. The van der Waals surface area contributed by atoms with Gasteiger partial charge in [-0.05, 0) is 0 Å². The van der Waals surface area contributed by atoms with E-state index >= 15 is 0 Å². The van der Waals surface area contributed by atoms with E-state index < -0.39 is 0 Å². The van der Waals surface area contributed by atoms with Crippen LogP contribution in [0.25, 0.3) is 0 Å². The maximum Gasteiger partial charge on any atom is 0 e. The first kappa shape index (κ1) is 144. The van der Waals surface area contributed by atoms with Crippen molar-refractivity contribution in [3.63, 3.8) is 0 Å². The molecule has 118 heteroatoms. The van der Waals surface area contributed by atoms with Crippen LogP contribution in [0.3, 0.4) is 0 Å². The van der Waals surface area contributed by atoms with Gasteiger partial charge < -0.3 is 0 Å². The highest BCUT2D eigenvalue weighted by Gasteiger charge is 1.53. The van der Waals surface area contributed by atoms with E-state index in [0.29, 0.717) is 0 Å². The molecular formula is S118. The van der Waals surface area contributed by atoms with Gasteiger partial charge in [0.1, 0.15) is 0 Å². The molecule has 0 radical (unpaired) electrons. The summed E-state index contributed by atoms with van der Waals surface area (Å²) < 4.78 is 0. The molecule has 0 N–H and O–H groups in total.